The normalized spacial score (nSPS) is 20.5. The first kappa shape index (κ1) is 12.4. The van der Waals surface area contributed by atoms with Crippen LogP contribution in [0, 0.1) is 0 Å². The van der Waals surface area contributed by atoms with Gasteiger partial charge in [-0.1, -0.05) is 31.0 Å². The van der Waals surface area contributed by atoms with E-state index in [0.29, 0.717) is 6.04 Å². The second-order valence-corrected chi connectivity index (χ2v) is 5.28. The molecule has 1 aromatic heterocycles. The summed E-state index contributed by atoms with van der Waals surface area (Å²) >= 11 is 0. The lowest BCUT2D eigenvalue weighted by atomic mass is 10.1. The highest BCUT2D eigenvalue weighted by Crippen LogP contribution is 2.29. The van der Waals surface area contributed by atoms with E-state index in [2.05, 4.69) is 34.1 Å². The highest BCUT2D eigenvalue weighted by Gasteiger charge is 2.21. The molecule has 2 N–H and O–H groups in total. The smallest absolute Gasteiger partial charge is 0.0722 e. The van der Waals surface area contributed by atoms with Crippen LogP contribution in [-0.4, -0.2) is 24.1 Å². The minimum Gasteiger partial charge on any atom is -0.367 e. The summed E-state index contributed by atoms with van der Waals surface area (Å²) in [5, 5.41) is 1.24. The predicted molar refractivity (Wildman–Crippen MR) is 80.4 cm³/mol. The predicted octanol–water partition coefficient (Wildman–Crippen LogP) is 2.94. The van der Waals surface area contributed by atoms with Crippen LogP contribution in [0.5, 0.6) is 0 Å². The van der Waals surface area contributed by atoms with E-state index in [1.165, 1.54) is 36.8 Å². The molecular weight excluding hydrogens is 234 g/mol. The van der Waals surface area contributed by atoms with E-state index in [1.807, 2.05) is 12.3 Å². The number of pyridine rings is 1. The number of benzene rings is 1. The summed E-state index contributed by atoms with van der Waals surface area (Å²) in [6, 6.07) is 11.0. The number of hydrogen-bond donors (Lipinski definition) is 1. The summed E-state index contributed by atoms with van der Waals surface area (Å²) in [5.41, 5.74) is 8.35. The molecule has 100 valence electrons. The quantitative estimate of drug-likeness (QED) is 0.897. The molecule has 3 rings (SSSR count). The van der Waals surface area contributed by atoms with Gasteiger partial charge < -0.3 is 10.6 Å². The average molecular weight is 255 g/mol. The van der Waals surface area contributed by atoms with Crippen LogP contribution in [0.15, 0.2) is 36.5 Å². The summed E-state index contributed by atoms with van der Waals surface area (Å²) < 4.78 is 0. The van der Waals surface area contributed by atoms with Gasteiger partial charge in [0.25, 0.3) is 0 Å². The van der Waals surface area contributed by atoms with Crippen molar-refractivity contribution < 1.29 is 0 Å². The maximum absolute atomic E-state index is 5.99. The van der Waals surface area contributed by atoms with Crippen LogP contribution in [0.25, 0.3) is 10.9 Å². The maximum Gasteiger partial charge on any atom is 0.0722 e. The van der Waals surface area contributed by atoms with Crippen molar-refractivity contribution in [3.05, 3.63) is 36.5 Å². The Morgan fingerprint density at radius 2 is 2.05 bits per heavy atom. The molecule has 1 fully saturated rings. The summed E-state index contributed by atoms with van der Waals surface area (Å²) in [5.74, 6) is 0. The zero-order chi connectivity index (χ0) is 13.1. The first-order chi connectivity index (χ1) is 9.40. The number of hydrogen-bond acceptors (Lipinski definition) is 3. The van der Waals surface area contributed by atoms with Gasteiger partial charge >= 0.3 is 0 Å². The van der Waals surface area contributed by atoms with Crippen LogP contribution in [0.3, 0.4) is 0 Å². The van der Waals surface area contributed by atoms with E-state index >= 15 is 0 Å². The third kappa shape index (κ3) is 2.43. The molecule has 0 saturated carbocycles. The molecule has 2 heterocycles. The number of fused-ring (bicyclic) bond motifs is 1. The lowest BCUT2D eigenvalue weighted by Crippen LogP contribution is -2.40. The minimum absolute atomic E-state index is 0.466. The van der Waals surface area contributed by atoms with Crippen LogP contribution in [0.1, 0.15) is 25.7 Å². The molecule has 19 heavy (non-hydrogen) atoms. The van der Waals surface area contributed by atoms with Crippen molar-refractivity contribution in [2.45, 2.75) is 31.7 Å². The Balaban J connectivity index is 2.06. The van der Waals surface area contributed by atoms with Gasteiger partial charge in [-0.3, -0.25) is 4.98 Å². The van der Waals surface area contributed by atoms with Crippen molar-refractivity contribution in [2.24, 2.45) is 5.73 Å². The third-order valence-electron chi connectivity index (χ3n) is 4.08. The van der Waals surface area contributed by atoms with Gasteiger partial charge in [0.15, 0.2) is 0 Å². The molecule has 0 spiro atoms. The molecule has 0 aliphatic carbocycles. The zero-order valence-corrected chi connectivity index (χ0v) is 11.3. The lowest BCUT2D eigenvalue weighted by molar-refractivity contribution is 0.581. The Hall–Kier alpha value is -1.61. The molecule has 1 atom stereocenters. The fourth-order valence-corrected chi connectivity index (χ4v) is 3.07. The van der Waals surface area contributed by atoms with Crippen molar-refractivity contribution in [3.63, 3.8) is 0 Å². The van der Waals surface area contributed by atoms with E-state index in [4.69, 9.17) is 5.73 Å². The van der Waals surface area contributed by atoms with Crippen LogP contribution in [0.4, 0.5) is 5.69 Å². The van der Waals surface area contributed by atoms with Gasteiger partial charge in [0.1, 0.15) is 0 Å². The molecule has 0 amide bonds. The standard InChI is InChI=1S/C16H21N3/c17-12-13-6-2-1-5-11-19(13)16-9-10-18-15-8-4-3-7-14(15)16/h3-4,7-10,13H,1-2,5-6,11-12,17H2. The van der Waals surface area contributed by atoms with Gasteiger partial charge in [0, 0.05) is 36.4 Å². The molecule has 1 saturated heterocycles. The van der Waals surface area contributed by atoms with Crippen molar-refractivity contribution in [1.82, 2.24) is 4.98 Å². The van der Waals surface area contributed by atoms with Crippen LogP contribution in [-0.2, 0) is 0 Å². The molecule has 0 radical (unpaired) electrons. The molecule has 1 aromatic carbocycles. The molecule has 2 aromatic rings. The van der Waals surface area contributed by atoms with E-state index in [-0.39, 0.29) is 0 Å². The molecule has 1 aliphatic rings. The van der Waals surface area contributed by atoms with Crippen LogP contribution < -0.4 is 10.6 Å². The average Bonchev–Trinajstić information content (AvgIpc) is 2.71. The Labute approximate surface area is 114 Å². The van der Waals surface area contributed by atoms with E-state index in [0.717, 1.165) is 18.6 Å². The van der Waals surface area contributed by atoms with Gasteiger partial charge in [-0.25, -0.2) is 0 Å². The molecule has 3 heteroatoms. The van der Waals surface area contributed by atoms with Gasteiger partial charge in [-0.2, -0.15) is 0 Å². The largest absolute Gasteiger partial charge is 0.367 e. The lowest BCUT2D eigenvalue weighted by Gasteiger charge is -2.32. The van der Waals surface area contributed by atoms with E-state index in [9.17, 15) is 0 Å². The minimum atomic E-state index is 0.466. The van der Waals surface area contributed by atoms with Crippen LogP contribution in [0.2, 0.25) is 0 Å². The van der Waals surface area contributed by atoms with E-state index < -0.39 is 0 Å². The molecule has 1 aliphatic heterocycles. The number of nitrogens with zero attached hydrogens (tertiary/aromatic N) is 2. The van der Waals surface area contributed by atoms with Crippen molar-refractivity contribution in [3.8, 4) is 0 Å². The third-order valence-corrected chi connectivity index (χ3v) is 4.08. The van der Waals surface area contributed by atoms with Crippen molar-refractivity contribution in [1.29, 1.82) is 0 Å². The Morgan fingerprint density at radius 1 is 1.16 bits per heavy atom. The highest BCUT2D eigenvalue weighted by molar-refractivity contribution is 5.91. The van der Waals surface area contributed by atoms with Gasteiger partial charge in [0.2, 0.25) is 0 Å². The van der Waals surface area contributed by atoms with Crippen molar-refractivity contribution >= 4 is 16.6 Å². The summed E-state index contributed by atoms with van der Waals surface area (Å²) in [6.45, 7) is 1.84. The number of nitrogens with two attached hydrogens (primary N) is 1. The summed E-state index contributed by atoms with van der Waals surface area (Å²) in [7, 11) is 0. The molecule has 3 nitrogen and oxygen atoms in total. The maximum atomic E-state index is 5.99. The second-order valence-electron chi connectivity index (χ2n) is 5.28. The van der Waals surface area contributed by atoms with Gasteiger partial charge in [0.05, 0.1) is 5.52 Å². The second kappa shape index (κ2) is 5.57. The molecule has 1 unspecified atom stereocenters. The van der Waals surface area contributed by atoms with Gasteiger partial charge in [-0.05, 0) is 25.0 Å². The Bertz CT molecular complexity index is 547. The van der Waals surface area contributed by atoms with E-state index in [1.54, 1.807) is 0 Å². The molecule has 0 bridgehead atoms. The topological polar surface area (TPSA) is 42.1 Å². The Kier molecular flexibility index (Phi) is 3.65. The first-order valence-electron chi connectivity index (χ1n) is 7.20. The fraction of sp³-hybridized carbons (Fsp3) is 0.438. The highest BCUT2D eigenvalue weighted by atomic mass is 15.2. The molecular formula is C16H21N3. The number of anilines is 1. The SMILES string of the molecule is NCC1CCCCCN1c1ccnc2ccccc12. The monoisotopic (exact) mass is 255 g/mol. The zero-order valence-electron chi connectivity index (χ0n) is 11.3. The first-order valence-corrected chi connectivity index (χ1v) is 7.20. The summed E-state index contributed by atoms with van der Waals surface area (Å²) in [6.07, 6.45) is 6.98. The fourth-order valence-electron chi connectivity index (χ4n) is 3.07. The number of aromatic nitrogens is 1. The van der Waals surface area contributed by atoms with Crippen LogP contribution >= 0.6 is 0 Å². The summed E-state index contributed by atoms with van der Waals surface area (Å²) in [4.78, 5) is 6.95. The number of rotatable bonds is 2. The Morgan fingerprint density at radius 3 is 2.95 bits per heavy atom. The van der Waals surface area contributed by atoms with Crippen molar-refractivity contribution in [2.75, 3.05) is 18.0 Å². The van der Waals surface area contributed by atoms with Gasteiger partial charge in [-0.15, -0.1) is 0 Å². The number of para-hydroxylation sites is 1.